The first-order valence-corrected chi connectivity index (χ1v) is 8.23. The molecule has 3 aromatic rings. The molecule has 4 heteroatoms. The lowest BCUT2D eigenvalue weighted by atomic mass is 9.78. The van der Waals surface area contributed by atoms with Gasteiger partial charge in [-0.15, -0.1) is 0 Å². The molecular weight excluding hydrogens is 316 g/mol. The van der Waals surface area contributed by atoms with Crippen LogP contribution in [-0.2, 0) is 14.3 Å². The Balaban J connectivity index is 1.78. The summed E-state index contributed by atoms with van der Waals surface area (Å²) < 4.78 is 11.1. The van der Waals surface area contributed by atoms with Gasteiger partial charge in [0.05, 0.1) is 5.92 Å². The third-order valence-electron chi connectivity index (χ3n) is 5.04. The number of carbonyl (C=O) groups is 2. The van der Waals surface area contributed by atoms with Crippen molar-refractivity contribution in [2.75, 3.05) is 0 Å². The fourth-order valence-electron chi connectivity index (χ4n) is 3.95. The summed E-state index contributed by atoms with van der Waals surface area (Å²) in [7, 11) is 0. The second kappa shape index (κ2) is 5.18. The number of ether oxygens (including phenoxy) is 2. The van der Waals surface area contributed by atoms with Gasteiger partial charge in [-0.25, -0.2) is 0 Å². The maximum Gasteiger partial charge on any atom is 0.326 e. The van der Waals surface area contributed by atoms with Crippen molar-refractivity contribution in [3.63, 3.8) is 0 Å². The zero-order chi connectivity index (χ0) is 17.0. The van der Waals surface area contributed by atoms with Crippen LogP contribution in [0.1, 0.15) is 23.1 Å². The summed E-state index contributed by atoms with van der Waals surface area (Å²) >= 11 is 0. The van der Waals surface area contributed by atoms with E-state index in [4.69, 9.17) is 9.47 Å². The molecular formula is C21H14O4. The molecule has 0 unspecified atom stereocenters. The Morgan fingerprint density at radius 1 is 0.760 bits per heavy atom. The summed E-state index contributed by atoms with van der Waals surface area (Å²) in [6.45, 7) is 0. The Morgan fingerprint density at radius 2 is 1.52 bits per heavy atom. The van der Waals surface area contributed by atoms with E-state index in [0.717, 1.165) is 21.9 Å². The van der Waals surface area contributed by atoms with Crippen molar-refractivity contribution in [1.82, 2.24) is 0 Å². The van der Waals surface area contributed by atoms with Crippen LogP contribution in [0.15, 0.2) is 66.7 Å². The Morgan fingerprint density at radius 3 is 2.36 bits per heavy atom. The average Bonchev–Trinajstić information content (AvgIpc) is 3.00. The number of esters is 2. The first-order valence-electron chi connectivity index (χ1n) is 8.23. The number of hydrogen-bond donors (Lipinski definition) is 0. The van der Waals surface area contributed by atoms with Gasteiger partial charge in [0.15, 0.2) is 5.92 Å². The zero-order valence-electron chi connectivity index (χ0n) is 13.2. The SMILES string of the molecule is O=C1Oc2ccc3ccccc3c2[C@H]2[C@@H]1C(=O)O[C@H]2c1ccccc1. The molecule has 0 aromatic heterocycles. The van der Waals surface area contributed by atoms with E-state index in [0.29, 0.717) is 5.75 Å². The van der Waals surface area contributed by atoms with Gasteiger partial charge in [0.2, 0.25) is 0 Å². The molecule has 2 heterocycles. The highest BCUT2D eigenvalue weighted by atomic mass is 16.6. The number of carbonyl (C=O) groups excluding carboxylic acids is 2. The van der Waals surface area contributed by atoms with E-state index >= 15 is 0 Å². The van der Waals surface area contributed by atoms with Crippen LogP contribution >= 0.6 is 0 Å². The molecule has 1 fully saturated rings. The smallest absolute Gasteiger partial charge is 0.326 e. The zero-order valence-corrected chi connectivity index (χ0v) is 13.2. The summed E-state index contributed by atoms with van der Waals surface area (Å²) in [6.07, 6.45) is -0.490. The van der Waals surface area contributed by atoms with Gasteiger partial charge in [-0.3, -0.25) is 9.59 Å². The van der Waals surface area contributed by atoms with Gasteiger partial charge in [-0.1, -0.05) is 60.7 Å². The highest BCUT2D eigenvalue weighted by Gasteiger charge is 2.54. The first kappa shape index (κ1) is 14.2. The largest absolute Gasteiger partial charge is 0.456 e. The molecule has 3 atom stereocenters. The van der Waals surface area contributed by atoms with Gasteiger partial charge >= 0.3 is 11.9 Å². The molecule has 3 aromatic carbocycles. The van der Waals surface area contributed by atoms with E-state index in [2.05, 4.69) is 0 Å². The topological polar surface area (TPSA) is 52.6 Å². The molecule has 2 aliphatic rings. The molecule has 1 saturated heterocycles. The fourth-order valence-corrected chi connectivity index (χ4v) is 3.95. The van der Waals surface area contributed by atoms with Crippen LogP contribution in [0.2, 0.25) is 0 Å². The van der Waals surface area contributed by atoms with E-state index in [-0.39, 0.29) is 5.92 Å². The Kier molecular flexibility index (Phi) is 2.95. The van der Waals surface area contributed by atoms with Crippen molar-refractivity contribution in [2.45, 2.75) is 12.0 Å². The molecule has 0 radical (unpaired) electrons. The van der Waals surface area contributed by atoms with Gasteiger partial charge < -0.3 is 9.47 Å². The molecule has 2 aliphatic heterocycles. The number of cyclic esters (lactones) is 1. The van der Waals surface area contributed by atoms with Crippen molar-refractivity contribution < 1.29 is 19.1 Å². The predicted molar refractivity (Wildman–Crippen MR) is 91.1 cm³/mol. The van der Waals surface area contributed by atoms with Crippen LogP contribution in [0.5, 0.6) is 5.75 Å². The summed E-state index contributed by atoms with van der Waals surface area (Å²) in [5.74, 6) is -1.82. The highest BCUT2D eigenvalue weighted by molar-refractivity contribution is 6.02. The molecule has 4 nitrogen and oxygen atoms in total. The highest BCUT2D eigenvalue weighted by Crippen LogP contribution is 2.53. The predicted octanol–water partition coefficient (Wildman–Crippen LogP) is 3.76. The molecule has 5 rings (SSSR count). The Hall–Kier alpha value is -3.14. The third kappa shape index (κ3) is 2.00. The molecule has 25 heavy (non-hydrogen) atoms. The average molecular weight is 330 g/mol. The normalized spacial score (nSPS) is 24.4. The molecule has 0 amide bonds. The standard InChI is InChI=1S/C21H14O4/c22-20-18-17(19(25-21(18)23)13-7-2-1-3-8-13)16-14-9-5-4-6-12(14)10-11-15(16)24-20/h1-11,17-19H/t17-,18-,19-/m0/s1. The van der Waals surface area contributed by atoms with E-state index in [9.17, 15) is 9.59 Å². The van der Waals surface area contributed by atoms with Crippen molar-refractivity contribution in [3.05, 3.63) is 77.9 Å². The number of hydrogen-bond acceptors (Lipinski definition) is 4. The molecule has 0 bridgehead atoms. The monoisotopic (exact) mass is 330 g/mol. The van der Waals surface area contributed by atoms with Crippen LogP contribution in [0.25, 0.3) is 10.8 Å². The van der Waals surface area contributed by atoms with Crippen molar-refractivity contribution >= 4 is 22.7 Å². The van der Waals surface area contributed by atoms with Crippen molar-refractivity contribution in [1.29, 1.82) is 0 Å². The number of rotatable bonds is 1. The van der Waals surface area contributed by atoms with Crippen molar-refractivity contribution in [3.8, 4) is 5.75 Å². The Labute approximate surface area is 144 Å². The van der Waals surface area contributed by atoms with Gasteiger partial charge in [-0.2, -0.15) is 0 Å². The Bertz CT molecular complexity index is 1010. The quantitative estimate of drug-likeness (QED) is 0.387. The van der Waals surface area contributed by atoms with E-state index in [1.165, 1.54) is 0 Å². The van der Waals surface area contributed by atoms with E-state index < -0.39 is 24.0 Å². The minimum absolute atomic E-state index is 0.378. The van der Waals surface area contributed by atoms with Gasteiger partial charge in [0.25, 0.3) is 0 Å². The second-order valence-electron chi connectivity index (χ2n) is 6.39. The van der Waals surface area contributed by atoms with E-state index in [1.54, 1.807) is 6.07 Å². The van der Waals surface area contributed by atoms with Gasteiger partial charge in [-0.05, 0) is 22.4 Å². The summed E-state index contributed by atoms with van der Waals surface area (Å²) in [5.41, 5.74) is 1.76. The summed E-state index contributed by atoms with van der Waals surface area (Å²) in [5, 5.41) is 2.03. The second-order valence-corrected chi connectivity index (χ2v) is 6.39. The van der Waals surface area contributed by atoms with Crippen LogP contribution in [0, 0.1) is 5.92 Å². The maximum absolute atomic E-state index is 12.4. The van der Waals surface area contributed by atoms with Gasteiger partial charge in [0, 0.05) is 5.56 Å². The number of benzene rings is 3. The molecule has 0 N–H and O–H groups in total. The first-order chi connectivity index (χ1) is 12.2. The molecule has 122 valence electrons. The fraction of sp³-hybridized carbons (Fsp3) is 0.143. The minimum atomic E-state index is -0.913. The minimum Gasteiger partial charge on any atom is -0.456 e. The molecule has 0 saturated carbocycles. The van der Waals surface area contributed by atoms with Crippen LogP contribution < -0.4 is 4.74 Å². The molecule has 0 aliphatic carbocycles. The lowest BCUT2D eigenvalue weighted by Crippen LogP contribution is -2.33. The maximum atomic E-state index is 12.4. The van der Waals surface area contributed by atoms with Crippen molar-refractivity contribution in [2.24, 2.45) is 5.92 Å². The van der Waals surface area contributed by atoms with Crippen LogP contribution in [0.4, 0.5) is 0 Å². The summed E-state index contributed by atoms with van der Waals surface area (Å²) in [6, 6.07) is 21.2. The van der Waals surface area contributed by atoms with E-state index in [1.807, 2.05) is 60.7 Å². The third-order valence-corrected chi connectivity index (χ3v) is 5.04. The lowest BCUT2D eigenvalue weighted by molar-refractivity contribution is -0.152. The summed E-state index contributed by atoms with van der Waals surface area (Å²) in [4.78, 5) is 24.9. The molecule has 0 spiro atoms. The van der Waals surface area contributed by atoms with Gasteiger partial charge in [0.1, 0.15) is 11.9 Å². The number of fused-ring (bicyclic) bond motifs is 5. The van der Waals surface area contributed by atoms with Crippen LogP contribution in [-0.4, -0.2) is 11.9 Å². The van der Waals surface area contributed by atoms with Crippen LogP contribution in [0.3, 0.4) is 0 Å². The lowest BCUT2D eigenvalue weighted by Gasteiger charge is -2.28.